The molecule has 5 heteroatoms. The molecule has 1 unspecified atom stereocenters. The summed E-state index contributed by atoms with van der Waals surface area (Å²) >= 11 is 0. The summed E-state index contributed by atoms with van der Waals surface area (Å²) in [6, 6.07) is -0.640. The molecule has 110 valence electrons. The van der Waals surface area contributed by atoms with Gasteiger partial charge in [0.2, 0.25) is 5.91 Å². The van der Waals surface area contributed by atoms with E-state index in [1.807, 2.05) is 0 Å². The molecule has 2 atom stereocenters. The minimum atomic E-state index is -0.888. The van der Waals surface area contributed by atoms with E-state index in [-0.39, 0.29) is 11.8 Å². The molecule has 1 amide bonds. The number of amides is 1. The highest BCUT2D eigenvalue weighted by Gasteiger charge is 2.32. The van der Waals surface area contributed by atoms with E-state index in [1.54, 1.807) is 0 Å². The first-order valence-corrected chi connectivity index (χ1v) is 7.18. The lowest BCUT2D eigenvalue weighted by Crippen LogP contribution is -2.48. The highest BCUT2D eigenvalue weighted by atomic mass is 16.4. The van der Waals surface area contributed by atoms with Crippen LogP contribution in [0.5, 0.6) is 0 Å². The lowest BCUT2D eigenvalue weighted by Gasteiger charge is -2.34. The van der Waals surface area contributed by atoms with Crippen LogP contribution in [-0.4, -0.2) is 41.0 Å². The number of nitrogens with two attached hydrogens (primary N) is 1. The summed E-state index contributed by atoms with van der Waals surface area (Å²) in [5.74, 6) is -0.286. The molecule has 1 heterocycles. The zero-order valence-electron chi connectivity index (χ0n) is 12.0. The lowest BCUT2D eigenvalue weighted by atomic mass is 9.92. The van der Waals surface area contributed by atoms with Gasteiger partial charge in [-0.05, 0) is 44.1 Å². The molecule has 0 aromatic carbocycles. The molecule has 1 rings (SSSR count). The molecular weight excluding hydrogens is 244 g/mol. The Morgan fingerprint density at radius 1 is 1.37 bits per heavy atom. The second kappa shape index (κ2) is 7.48. The molecular formula is C14H26N2O3. The van der Waals surface area contributed by atoms with Crippen molar-refractivity contribution in [3.8, 4) is 0 Å². The molecule has 0 spiro atoms. The number of carbonyl (C=O) groups is 2. The van der Waals surface area contributed by atoms with E-state index >= 15 is 0 Å². The van der Waals surface area contributed by atoms with Crippen LogP contribution >= 0.6 is 0 Å². The third-order valence-electron chi connectivity index (χ3n) is 3.71. The fraction of sp³-hybridized carbons (Fsp3) is 0.857. The maximum absolute atomic E-state index is 12.3. The number of carboxylic acid groups (broad SMARTS) is 1. The lowest BCUT2D eigenvalue weighted by molar-refractivity contribution is -0.152. The van der Waals surface area contributed by atoms with Gasteiger partial charge in [-0.3, -0.25) is 4.79 Å². The van der Waals surface area contributed by atoms with E-state index < -0.39 is 12.0 Å². The number of hydrogen-bond acceptors (Lipinski definition) is 3. The molecule has 19 heavy (non-hydrogen) atoms. The van der Waals surface area contributed by atoms with Gasteiger partial charge in [-0.2, -0.15) is 0 Å². The Hall–Kier alpha value is -1.10. The summed E-state index contributed by atoms with van der Waals surface area (Å²) in [6.45, 7) is 5.26. The van der Waals surface area contributed by atoms with Crippen LogP contribution in [0.2, 0.25) is 0 Å². The third kappa shape index (κ3) is 4.82. The zero-order chi connectivity index (χ0) is 14.4. The smallest absolute Gasteiger partial charge is 0.326 e. The molecule has 5 nitrogen and oxygen atoms in total. The Bertz CT molecular complexity index is 318. The fourth-order valence-corrected chi connectivity index (χ4v) is 2.78. The average Bonchev–Trinajstić information content (AvgIpc) is 2.37. The van der Waals surface area contributed by atoms with Gasteiger partial charge >= 0.3 is 5.97 Å². The highest BCUT2D eigenvalue weighted by molar-refractivity contribution is 5.84. The van der Waals surface area contributed by atoms with Crippen LogP contribution in [-0.2, 0) is 9.59 Å². The molecule has 0 radical (unpaired) electrons. The van der Waals surface area contributed by atoms with Crippen LogP contribution < -0.4 is 5.73 Å². The summed E-state index contributed by atoms with van der Waals surface area (Å²) in [5, 5.41) is 9.18. The van der Waals surface area contributed by atoms with Gasteiger partial charge in [0, 0.05) is 13.0 Å². The van der Waals surface area contributed by atoms with Crippen molar-refractivity contribution in [1.82, 2.24) is 4.90 Å². The topological polar surface area (TPSA) is 83.6 Å². The normalized spacial score (nSPS) is 21.5. The summed E-state index contributed by atoms with van der Waals surface area (Å²) < 4.78 is 0. The monoisotopic (exact) mass is 270 g/mol. The Labute approximate surface area is 115 Å². The predicted molar refractivity (Wildman–Crippen MR) is 73.6 cm³/mol. The largest absolute Gasteiger partial charge is 0.480 e. The SMILES string of the molecule is CC(C)C[C@H](CN)CC(=O)N1CCCCC1C(=O)O. The molecule has 0 aliphatic carbocycles. The molecule has 3 N–H and O–H groups in total. The van der Waals surface area contributed by atoms with E-state index in [9.17, 15) is 14.7 Å². The number of carboxylic acids is 1. The first-order valence-electron chi connectivity index (χ1n) is 7.18. The second-order valence-corrected chi connectivity index (χ2v) is 5.87. The van der Waals surface area contributed by atoms with E-state index in [2.05, 4.69) is 13.8 Å². The number of hydrogen-bond donors (Lipinski definition) is 2. The summed E-state index contributed by atoms with van der Waals surface area (Å²) in [5.41, 5.74) is 5.71. The van der Waals surface area contributed by atoms with Gasteiger partial charge in [-0.1, -0.05) is 13.8 Å². The minimum Gasteiger partial charge on any atom is -0.480 e. The highest BCUT2D eigenvalue weighted by Crippen LogP contribution is 2.21. The van der Waals surface area contributed by atoms with E-state index in [0.717, 1.165) is 19.3 Å². The number of carbonyl (C=O) groups excluding carboxylic acids is 1. The van der Waals surface area contributed by atoms with Crippen molar-refractivity contribution in [2.24, 2.45) is 17.6 Å². The quantitative estimate of drug-likeness (QED) is 0.765. The summed E-state index contributed by atoms with van der Waals surface area (Å²) in [6.07, 6.45) is 3.63. The van der Waals surface area contributed by atoms with Crippen molar-refractivity contribution in [1.29, 1.82) is 0 Å². The Morgan fingerprint density at radius 2 is 2.05 bits per heavy atom. The third-order valence-corrected chi connectivity index (χ3v) is 3.71. The van der Waals surface area contributed by atoms with Gasteiger partial charge in [0.1, 0.15) is 6.04 Å². The van der Waals surface area contributed by atoms with Gasteiger partial charge in [0.25, 0.3) is 0 Å². The average molecular weight is 270 g/mol. The van der Waals surface area contributed by atoms with Gasteiger partial charge in [0.05, 0.1) is 0 Å². The van der Waals surface area contributed by atoms with Gasteiger partial charge in [-0.15, -0.1) is 0 Å². The maximum atomic E-state index is 12.3. The molecule has 0 saturated carbocycles. The van der Waals surface area contributed by atoms with Crippen LogP contribution in [0.15, 0.2) is 0 Å². The van der Waals surface area contributed by atoms with Crippen molar-refractivity contribution in [3.05, 3.63) is 0 Å². The molecule has 1 aliphatic rings. The zero-order valence-corrected chi connectivity index (χ0v) is 12.0. The molecule has 1 fully saturated rings. The number of nitrogens with zero attached hydrogens (tertiary/aromatic N) is 1. The van der Waals surface area contributed by atoms with Crippen molar-refractivity contribution < 1.29 is 14.7 Å². The van der Waals surface area contributed by atoms with E-state index in [0.29, 0.717) is 31.8 Å². The number of piperidine rings is 1. The van der Waals surface area contributed by atoms with Crippen LogP contribution in [0.25, 0.3) is 0 Å². The van der Waals surface area contributed by atoms with E-state index in [4.69, 9.17) is 5.73 Å². The summed E-state index contributed by atoms with van der Waals surface area (Å²) in [7, 11) is 0. The number of likely N-dealkylation sites (tertiary alicyclic amines) is 1. The molecule has 0 aromatic heterocycles. The van der Waals surface area contributed by atoms with Crippen molar-refractivity contribution in [2.75, 3.05) is 13.1 Å². The standard InChI is InChI=1S/C14H26N2O3/c1-10(2)7-11(9-15)8-13(17)16-6-4-3-5-12(16)14(18)19/h10-12H,3-9,15H2,1-2H3,(H,18,19)/t11-,12?/m0/s1. The predicted octanol–water partition coefficient (Wildman–Crippen LogP) is 1.46. The number of aliphatic carboxylic acids is 1. The van der Waals surface area contributed by atoms with Crippen LogP contribution in [0.1, 0.15) is 46.0 Å². The summed E-state index contributed by atoms with van der Waals surface area (Å²) in [4.78, 5) is 25.0. The Balaban J connectivity index is 2.61. The van der Waals surface area contributed by atoms with Crippen molar-refractivity contribution in [3.63, 3.8) is 0 Å². The van der Waals surface area contributed by atoms with E-state index in [1.165, 1.54) is 4.90 Å². The van der Waals surface area contributed by atoms with Crippen LogP contribution in [0.4, 0.5) is 0 Å². The van der Waals surface area contributed by atoms with Crippen molar-refractivity contribution >= 4 is 11.9 Å². The molecule has 1 saturated heterocycles. The number of rotatable bonds is 6. The maximum Gasteiger partial charge on any atom is 0.326 e. The van der Waals surface area contributed by atoms with Gasteiger partial charge in [0.15, 0.2) is 0 Å². The first kappa shape index (κ1) is 16.0. The van der Waals surface area contributed by atoms with Crippen LogP contribution in [0.3, 0.4) is 0 Å². The van der Waals surface area contributed by atoms with Gasteiger partial charge < -0.3 is 15.7 Å². The fourth-order valence-electron chi connectivity index (χ4n) is 2.78. The van der Waals surface area contributed by atoms with Crippen LogP contribution in [0, 0.1) is 11.8 Å². The minimum absolute atomic E-state index is 0.0526. The molecule has 0 bridgehead atoms. The van der Waals surface area contributed by atoms with Crippen molar-refractivity contribution in [2.45, 2.75) is 52.0 Å². The molecule has 0 aromatic rings. The molecule has 1 aliphatic heterocycles. The first-order chi connectivity index (χ1) is 8.95. The Morgan fingerprint density at radius 3 is 2.58 bits per heavy atom. The van der Waals surface area contributed by atoms with Gasteiger partial charge in [-0.25, -0.2) is 4.79 Å². The Kier molecular flexibility index (Phi) is 6.28. The second-order valence-electron chi connectivity index (χ2n) is 5.87.